The molecule has 142 valence electrons. The molecule has 0 aliphatic heterocycles. The van der Waals surface area contributed by atoms with Gasteiger partial charge in [0.05, 0.1) is 56.8 Å². The molecule has 25 heavy (non-hydrogen) atoms. The minimum Gasteiger partial charge on any atom is -0.397 e. The van der Waals surface area contributed by atoms with Crippen LogP contribution < -0.4 is 16.8 Å². The van der Waals surface area contributed by atoms with Crippen LogP contribution in [-0.4, -0.2) is 60.4 Å². The van der Waals surface area contributed by atoms with Gasteiger partial charge in [0, 0.05) is 17.6 Å². The summed E-state index contributed by atoms with van der Waals surface area (Å²) >= 11 is 0. The topological polar surface area (TPSA) is 126 Å². The molecule has 0 aliphatic carbocycles. The molecule has 1 rings (SSSR count). The summed E-state index contributed by atoms with van der Waals surface area (Å²) in [7, 11) is -3.20. The lowest BCUT2D eigenvalue weighted by atomic mass is 10.2. The summed E-state index contributed by atoms with van der Waals surface area (Å²) < 4.78 is 38.1. The number of nitrogen functional groups attached to an aromatic ring is 2. The minimum absolute atomic E-state index is 0.0632. The normalized spacial score (nSPS) is 11.4. The van der Waals surface area contributed by atoms with Crippen molar-refractivity contribution in [2.75, 3.05) is 68.7 Å². The molecular formula is C16H27N3O5S. The number of rotatable bonds is 14. The molecule has 1 aromatic rings. The van der Waals surface area contributed by atoms with Crippen molar-refractivity contribution in [1.82, 2.24) is 0 Å². The number of sulfone groups is 1. The van der Waals surface area contributed by atoms with E-state index in [0.29, 0.717) is 51.0 Å². The second-order valence-electron chi connectivity index (χ2n) is 5.14. The van der Waals surface area contributed by atoms with E-state index in [4.69, 9.17) is 25.7 Å². The number of hydrogen-bond acceptors (Lipinski definition) is 8. The summed E-state index contributed by atoms with van der Waals surface area (Å²) in [5.41, 5.74) is 13.4. The van der Waals surface area contributed by atoms with E-state index in [1.807, 2.05) is 6.07 Å². The van der Waals surface area contributed by atoms with E-state index in [2.05, 4.69) is 11.9 Å². The first kappa shape index (κ1) is 21.2. The Balaban J connectivity index is 1.90. The van der Waals surface area contributed by atoms with Gasteiger partial charge < -0.3 is 31.0 Å². The molecule has 5 N–H and O–H groups in total. The Labute approximate surface area is 149 Å². The van der Waals surface area contributed by atoms with E-state index in [0.717, 1.165) is 11.1 Å². The van der Waals surface area contributed by atoms with Gasteiger partial charge in [-0.1, -0.05) is 6.58 Å². The molecule has 0 bridgehead atoms. The maximum absolute atomic E-state index is 11.1. The first-order chi connectivity index (χ1) is 11.9. The van der Waals surface area contributed by atoms with Crippen molar-refractivity contribution in [3.05, 3.63) is 30.2 Å². The van der Waals surface area contributed by atoms with E-state index in [-0.39, 0.29) is 12.4 Å². The lowest BCUT2D eigenvalue weighted by molar-refractivity contribution is 0.0193. The third kappa shape index (κ3) is 9.92. The van der Waals surface area contributed by atoms with Crippen LogP contribution in [0.4, 0.5) is 17.1 Å². The van der Waals surface area contributed by atoms with Crippen molar-refractivity contribution in [2.24, 2.45) is 0 Å². The average molecular weight is 373 g/mol. The molecule has 8 nitrogen and oxygen atoms in total. The van der Waals surface area contributed by atoms with E-state index in [1.165, 1.54) is 0 Å². The van der Waals surface area contributed by atoms with E-state index in [1.54, 1.807) is 12.1 Å². The third-order valence-corrected chi connectivity index (χ3v) is 4.42. The Kier molecular flexibility index (Phi) is 9.93. The van der Waals surface area contributed by atoms with Crippen LogP contribution in [0.15, 0.2) is 30.2 Å². The maximum Gasteiger partial charge on any atom is 0.173 e. The standard InChI is InChI=1S/C16H27N3O5S/c1-2-25(20,21)12-11-24-10-9-23-8-7-22-6-5-19-14-3-4-15(17)16(18)13-14/h2-4,13,19H,1,5-12,17-18H2. The van der Waals surface area contributed by atoms with Crippen LogP contribution >= 0.6 is 0 Å². The zero-order valence-corrected chi connectivity index (χ0v) is 15.1. The van der Waals surface area contributed by atoms with Crippen molar-refractivity contribution < 1.29 is 22.6 Å². The summed E-state index contributed by atoms with van der Waals surface area (Å²) in [5, 5.41) is 4.11. The van der Waals surface area contributed by atoms with Crippen LogP contribution in [0.25, 0.3) is 0 Å². The highest BCUT2D eigenvalue weighted by atomic mass is 32.2. The van der Waals surface area contributed by atoms with Gasteiger partial charge in [0.2, 0.25) is 0 Å². The molecule has 9 heteroatoms. The van der Waals surface area contributed by atoms with Gasteiger partial charge in [0.15, 0.2) is 9.84 Å². The SMILES string of the molecule is C=CS(=O)(=O)CCOCCOCCOCCNc1ccc(N)c(N)c1. The van der Waals surface area contributed by atoms with Crippen LogP contribution in [-0.2, 0) is 24.0 Å². The zero-order valence-electron chi connectivity index (χ0n) is 14.3. The minimum atomic E-state index is -3.20. The quantitative estimate of drug-likeness (QED) is 0.324. The first-order valence-electron chi connectivity index (χ1n) is 7.92. The van der Waals surface area contributed by atoms with Gasteiger partial charge in [-0.15, -0.1) is 0 Å². The maximum atomic E-state index is 11.1. The van der Waals surface area contributed by atoms with Crippen molar-refractivity contribution in [1.29, 1.82) is 0 Å². The van der Waals surface area contributed by atoms with Crippen LogP contribution in [0.1, 0.15) is 0 Å². The van der Waals surface area contributed by atoms with Crippen molar-refractivity contribution >= 4 is 26.9 Å². The van der Waals surface area contributed by atoms with E-state index < -0.39 is 9.84 Å². The van der Waals surface area contributed by atoms with E-state index in [9.17, 15) is 8.42 Å². The lowest BCUT2D eigenvalue weighted by Gasteiger charge is -2.09. The summed E-state index contributed by atoms with van der Waals surface area (Å²) in [6.07, 6.45) is 0. The number of nitrogens with one attached hydrogen (secondary N) is 1. The third-order valence-electron chi connectivity index (χ3n) is 3.17. The molecule has 0 heterocycles. The number of ether oxygens (including phenoxy) is 3. The van der Waals surface area contributed by atoms with Gasteiger partial charge in [-0.2, -0.15) is 0 Å². The fraction of sp³-hybridized carbons (Fsp3) is 0.500. The van der Waals surface area contributed by atoms with Gasteiger partial charge in [-0.05, 0) is 18.2 Å². The van der Waals surface area contributed by atoms with Crippen LogP contribution in [0, 0.1) is 0 Å². The number of hydrogen-bond donors (Lipinski definition) is 3. The molecule has 0 aromatic heterocycles. The monoisotopic (exact) mass is 373 g/mol. The summed E-state index contributed by atoms with van der Waals surface area (Å²) in [5.74, 6) is -0.0632. The fourth-order valence-corrected chi connectivity index (χ4v) is 2.27. The fourth-order valence-electron chi connectivity index (χ4n) is 1.75. The molecule has 0 saturated heterocycles. The van der Waals surface area contributed by atoms with Crippen LogP contribution in [0.3, 0.4) is 0 Å². The number of nitrogens with two attached hydrogens (primary N) is 2. The van der Waals surface area contributed by atoms with Gasteiger partial charge in [0.25, 0.3) is 0 Å². The predicted octanol–water partition coefficient (Wildman–Crippen LogP) is 0.871. The Morgan fingerprint density at radius 3 is 2.16 bits per heavy atom. The zero-order chi connectivity index (χ0) is 18.5. The molecule has 0 spiro atoms. The van der Waals surface area contributed by atoms with Crippen molar-refractivity contribution in [3.8, 4) is 0 Å². The Hall–Kier alpha value is -1.81. The molecule has 0 fully saturated rings. The molecule has 0 radical (unpaired) electrons. The van der Waals surface area contributed by atoms with Crippen molar-refractivity contribution in [3.63, 3.8) is 0 Å². The first-order valence-corrected chi connectivity index (χ1v) is 9.63. The van der Waals surface area contributed by atoms with Gasteiger partial charge >= 0.3 is 0 Å². The molecular weight excluding hydrogens is 346 g/mol. The second-order valence-corrected chi connectivity index (χ2v) is 7.21. The Bertz CT molecular complexity index is 622. The molecule has 0 atom stereocenters. The number of anilines is 3. The molecule has 0 saturated carbocycles. The summed E-state index contributed by atoms with van der Waals surface area (Å²) in [6.45, 7) is 6.18. The van der Waals surface area contributed by atoms with Gasteiger partial charge in [0.1, 0.15) is 0 Å². The molecule has 0 unspecified atom stereocenters. The predicted molar refractivity (Wildman–Crippen MR) is 100 cm³/mol. The highest BCUT2D eigenvalue weighted by molar-refractivity contribution is 7.94. The lowest BCUT2D eigenvalue weighted by Crippen LogP contribution is -2.15. The smallest absolute Gasteiger partial charge is 0.173 e. The average Bonchev–Trinajstić information content (AvgIpc) is 2.59. The Morgan fingerprint density at radius 1 is 0.960 bits per heavy atom. The van der Waals surface area contributed by atoms with Gasteiger partial charge in [-0.25, -0.2) is 8.42 Å². The summed E-state index contributed by atoms with van der Waals surface area (Å²) in [4.78, 5) is 0. The Morgan fingerprint density at radius 2 is 1.56 bits per heavy atom. The van der Waals surface area contributed by atoms with E-state index >= 15 is 0 Å². The van der Waals surface area contributed by atoms with Crippen molar-refractivity contribution in [2.45, 2.75) is 0 Å². The molecule has 0 aliphatic rings. The highest BCUT2D eigenvalue weighted by Gasteiger charge is 2.03. The van der Waals surface area contributed by atoms with Crippen LogP contribution in [0.5, 0.6) is 0 Å². The number of benzene rings is 1. The second kappa shape index (κ2) is 11.7. The van der Waals surface area contributed by atoms with Crippen LogP contribution in [0.2, 0.25) is 0 Å². The largest absolute Gasteiger partial charge is 0.397 e. The molecule has 1 aromatic carbocycles. The summed E-state index contributed by atoms with van der Waals surface area (Å²) in [6, 6.07) is 5.38. The highest BCUT2D eigenvalue weighted by Crippen LogP contribution is 2.19. The van der Waals surface area contributed by atoms with Gasteiger partial charge in [-0.3, -0.25) is 0 Å². The molecule has 0 amide bonds.